The van der Waals surface area contributed by atoms with E-state index in [2.05, 4.69) is 9.97 Å². The summed E-state index contributed by atoms with van der Waals surface area (Å²) in [7, 11) is 0. The highest BCUT2D eigenvalue weighted by Crippen LogP contribution is 2.36. The van der Waals surface area contributed by atoms with Gasteiger partial charge in [0.2, 0.25) is 5.95 Å². The van der Waals surface area contributed by atoms with Gasteiger partial charge in [0.05, 0.1) is 12.0 Å². The van der Waals surface area contributed by atoms with Crippen LogP contribution in [0.4, 0.5) is 5.95 Å². The number of nitrogens with zero attached hydrogens (tertiary/aromatic N) is 2. The molecule has 4 nitrogen and oxygen atoms in total. The normalized spacial score (nSPS) is 13.3. The summed E-state index contributed by atoms with van der Waals surface area (Å²) < 4.78 is 5.42. The Labute approximate surface area is 97.3 Å². The Morgan fingerprint density at radius 1 is 1.38 bits per heavy atom. The summed E-state index contributed by atoms with van der Waals surface area (Å²) in [4.78, 5) is 8.59. The van der Waals surface area contributed by atoms with E-state index in [9.17, 15) is 0 Å². The summed E-state index contributed by atoms with van der Waals surface area (Å²) in [5.74, 6) is 1.33. The number of thioether (sulfide) groups is 1. The molecule has 5 heteroatoms. The van der Waals surface area contributed by atoms with Crippen molar-refractivity contribution < 1.29 is 4.42 Å². The van der Waals surface area contributed by atoms with Crippen molar-refractivity contribution in [2.75, 3.05) is 12.0 Å². The Hall–Kier alpha value is -1.49. The van der Waals surface area contributed by atoms with E-state index in [1.807, 2.05) is 12.3 Å². The number of nitrogens with two attached hydrogens (primary N) is 1. The zero-order valence-electron chi connectivity index (χ0n) is 8.86. The van der Waals surface area contributed by atoms with Crippen LogP contribution in [0.5, 0.6) is 0 Å². The van der Waals surface area contributed by atoms with Crippen molar-refractivity contribution in [2.24, 2.45) is 0 Å². The van der Waals surface area contributed by atoms with E-state index in [1.54, 1.807) is 18.0 Å². The molecule has 0 atom stereocenters. The molecule has 1 aliphatic rings. The summed E-state index contributed by atoms with van der Waals surface area (Å²) in [6.45, 7) is 0. The van der Waals surface area contributed by atoms with Crippen LogP contribution in [0.15, 0.2) is 21.8 Å². The van der Waals surface area contributed by atoms with Crippen LogP contribution in [0, 0.1) is 0 Å². The first-order chi connectivity index (χ1) is 7.79. The van der Waals surface area contributed by atoms with Crippen LogP contribution >= 0.6 is 11.8 Å². The van der Waals surface area contributed by atoms with Crippen LogP contribution in [-0.4, -0.2) is 16.2 Å². The van der Waals surface area contributed by atoms with E-state index in [0.717, 1.165) is 34.9 Å². The second kappa shape index (κ2) is 3.52. The summed E-state index contributed by atoms with van der Waals surface area (Å²) in [6.07, 6.45) is 5.55. The van der Waals surface area contributed by atoms with Gasteiger partial charge in [-0.15, -0.1) is 11.8 Å². The molecular formula is C11H11N3OS. The molecule has 2 aromatic rings. The minimum Gasteiger partial charge on any atom is -0.469 e. The molecule has 0 saturated carbocycles. The molecule has 3 rings (SSSR count). The zero-order valence-corrected chi connectivity index (χ0v) is 9.67. The van der Waals surface area contributed by atoms with Crippen molar-refractivity contribution in [3.05, 3.63) is 23.7 Å². The molecule has 2 aromatic heterocycles. The number of furan rings is 1. The Balaban J connectivity index is 2.28. The summed E-state index contributed by atoms with van der Waals surface area (Å²) in [6, 6.07) is 1.95. The standard InChI is InChI=1S/C11H11N3OS/c1-16-10-7-2-3-8-6(4-5-15-8)9(7)13-11(12)14-10/h4-5H,2-3H2,1H3,(H2,12,13,14). The lowest BCUT2D eigenvalue weighted by molar-refractivity contribution is 0.505. The highest BCUT2D eigenvalue weighted by Gasteiger charge is 2.23. The molecule has 0 bridgehead atoms. The highest BCUT2D eigenvalue weighted by atomic mass is 32.2. The minimum absolute atomic E-state index is 0.331. The summed E-state index contributed by atoms with van der Waals surface area (Å²) >= 11 is 1.61. The van der Waals surface area contributed by atoms with Gasteiger partial charge >= 0.3 is 0 Å². The molecule has 2 N–H and O–H groups in total. The molecule has 2 heterocycles. The molecule has 0 radical (unpaired) electrons. The largest absolute Gasteiger partial charge is 0.469 e. The Morgan fingerprint density at radius 2 is 2.25 bits per heavy atom. The fraction of sp³-hybridized carbons (Fsp3) is 0.273. The van der Waals surface area contributed by atoms with Gasteiger partial charge in [0, 0.05) is 17.5 Å². The van der Waals surface area contributed by atoms with Crippen LogP contribution in [0.1, 0.15) is 11.3 Å². The van der Waals surface area contributed by atoms with E-state index in [4.69, 9.17) is 10.2 Å². The van der Waals surface area contributed by atoms with Crippen LogP contribution in [0.25, 0.3) is 11.3 Å². The average Bonchev–Trinajstić information content (AvgIpc) is 2.76. The Bertz CT molecular complexity index is 550. The first kappa shape index (κ1) is 9.72. The molecule has 0 spiro atoms. The van der Waals surface area contributed by atoms with Gasteiger partial charge in [-0.2, -0.15) is 0 Å². The van der Waals surface area contributed by atoms with Gasteiger partial charge in [-0.3, -0.25) is 0 Å². The predicted octanol–water partition coefficient (Wildman–Crippen LogP) is 2.14. The molecule has 0 fully saturated rings. The number of rotatable bonds is 1. The van der Waals surface area contributed by atoms with Crippen LogP contribution < -0.4 is 5.73 Å². The first-order valence-electron chi connectivity index (χ1n) is 5.06. The molecular weight excluding hydrogens is 222 g/mol. The molecule has 1 aliphatic carbocycles. The van der Waals surface area contributed by atoms with Crippen molar-refractivity contribution in [3.8, 4) is 11.3 Å². The summed E-state index contributed by atoms with van der Waals surface area (Å²) in [5.41, 5.74) is 8.91. The molecule has 82 valence electrons. The van der Waals surface area contributed by atoms with Gasteiger partial charge in [-0.25, -0.2) is 9.97 Å². The van der Waals surface area contributed by atoms with Crippen molar-refractivity contribution in [2.45, 2.75) is 17.9 Å². The minimum atomic E-state index is 0.331. The lowest BCUT2D eigenvalue weighted by Crippen LogP contribution is -2.09. The number of hydrogen-bond acceptors (Lipinski definition) is 5. The van der Waals surface area contributed by atoms with Crippen molar-refractivity contribution in [1.29, 1.82) is 0 Å². The fourth-order valence-electron chi connectivity index (χ4n) is 2.08. The third-order valence-corrected chi connectivity index (χ3v) is 3.51. The number of aryl methyl sites for hydroxylation is 1. The second-order valence-corrected chi connectivity index (χ2v) is 4.47. The first-order valence-corrected chi connectivity index (χ1v) is 6.29. The number of anilines is 1. The second-order valence-electron chi connectivity index (χ2n) is 3.68. The Kier molecular flexibility index (Phi) is 2.14. The highest BCUT2D eigenvalue weighted by molar-refractivity contribution is 7.98. The van der Waals surface area contributed by atoms with Gasteiger partial charge in [0.25, 0.3) is 0 Å². The lowest BCUT2D eigenvalue weighted by atomic mass is 9.96. The molecule has 0 aliphatic heterocycles. The molecule has 0 saturated heterocycles. The van der Waals surface area contributed by atoms with Crippen LogP contribution in [0.3, 0.4) is 0 Å². The van der Waals surface area contributed by atoms with Crippen LogP contribution in [-0.2, 0) is 12.8 Å². The third kappa shape index (κ3) is 1.31. The lowest BCUT2D eigenvalue weighted by Gasteiger charge is -2.16. The van der Waals surface area contributed by atoms with Gasteiger partial charge in [-0.05, 0) is 18.7 Å². The van der Waals surface area contributed by atoms with Gasteiger partial charge in [0.15, 0.2) is 0 Å². The Morgan fingerprint density at radius 3 is 3.06 bits per heavy atom. The maximum atomic E-state index is 5.72. The number of nitrogen functional groups attached to an aromatic ring is 1. The van der Waals surface area contributed by atoms with Gasteiger partial charge < -0.3 is 10.2 Å². The van der Waals surface area contributed by atoms with E-state index < -0.39 is 0 Å². The number of fused-ring (bicyclic) bond motifs is 3. The van der Waals surface area contributed by atoms with Crippen molar-refractivity contribution >= 4 is 17.7 Å². The zero-order chi connectivity index (χ0) is 11.1. The van der Waals surface area contributed by atoms with Crippen molar-refractivity contribution in [1.82, 2.24) is 9.97 Å². The SMILES string of the molecule is CSc1nc(N)nc2c1CCc1occc1-2. The number of aromatic nitrogens is 2. The smallest absolute Gasteiger partial charge is 0.221 e. The average molecular weight is 233 g/mol. The monoisotopic (exact) mass is 233 g/mol. The molecule has 0 unspecified atom stereocenters. The molecule has 0 amide bonds. The van der Waals surface area contributed by atoms with E-state index in [0.29, 0.717) is 5.95 Å². The third-order valence-electron chi connectivity index (χ3n) is 2.78. The fourth-order valence-corrected chi connectivity index (χ4v) is 2.71. The molecule has 0 aromatic carbocycles. The quantitative estimate of drug-likeness (QED) is 0.604. The van der Waals surface area contributed by atoms with E-state index in [-0.39, 0.29) is 0 Å². The van der Waals surface area contributed by atoms with Gasteiger partial charge in [0.1, 0.15) is 10.8 Å². The van der Waals surface area contributed by atoms with E-state index in [1.165, 1.54) is 5.56 Å². The predicted molar refractivity (Wildman–Crippen MR) is 63.3 cm³/mol. The maximum absolute atomic E-state index is 5.72. The maximum Gasteiger partial charge on any atom is 0.221 e. The topological polar surface area (TPSA) is 64.9 Å². The molecule has 16 heavy (non-hydrogen) atoms. The van der Waals surface area contributed by atoms with E-state index >= 15 is 0 Å². The number of hydrogen-bond donors (Lipinski definition) is 1. The van der Waals surface area contributed by atoms with Crippen molar-refractivity contribution in [3.63, 3.8) is 0 Å². The van der Waals surface area contributed by atoms with Crippen LogP contribution in [0.2, 0.25) is 0 Å². The summed E-state index contributed by atoms with van der Waals surface area (Å²) in [5, 5.41) is 0.981. The van der Waals surface area contributed by atoms with Gasteiger partial charge in [-0.1, -0.05) is 0 Å².